The minimum atomic E-state index is -0.945. The number of benzene rings is 1. The van der Waals surface area contributed by atoms with Crippen LogP contribution in [-0.2, 0) is 0 Å². The number of nitrogen functional groups attached to an aromatic ring is 1. The Labute approximate surface area is 119 Å². The summed E-state index contributed by atoms with van der Waals surface area (Å²) in [4.78, 5) is 13.5. The number of rotatable bonds is 5. The van der Waals surface area contributed by atoms with Crippen molar-refractivity contribution in [3.8, 4) is 0 Å². The van der Waals surface area contributed by atoms with Gasteiger partial charge in [-0.25, -0.2) is 4.79 Å². The van der Waals surface area contributed by atoms with Crippen LogP contribution in [-0.4, -0.2) is 42.7 Å². The van der Waals surface area contributed by atoms with Crippen LogP contribution in [0.4, 0.5) is 11.4 Å². The molecule has 0 radical (unpaired) electrons. The van der Waals surface area contributed by atoms with Crippen molar-refractivity contribution >= 4 is 17.3 Å². The van der Waals surface area contributed by atoms with E-state index in [1.54, 1.807) is 12.1 Å². The summed E-state index contributed by atoms with van der Waals surface area (Å²) >= 11 is 0. The first-order valence-electron chi connectivity index (χ1n) is 7.11. The maximum Gasteiger partial charge on any atom is 0.337 e. The van der Waals surface area contributed by atoms with Crippen LogP contribution in [0.15, 0.2) is 18.2 Å². The third-order valence-electron chi connectivity index (χ3n) is 3.98. The molecule has 0 aromatic heterocycles. The van der Waals surface area contributed by atoms with E-state index in [0.717, 1.165) is 32.0 Å². The van der Waals surface area contributed by atoms with Crippen molar-refractivity contribution in [2.24, 2.45) is 5.92 Å². The number of likely N-dealkylation sites (tertiary alicyclic amines) is 1. The molecule has 1 aromatic rings. The minimum Gasteiger partial charge on any atom is -0.478 e. The van der Waals surface area contributed by atoms with Crippen molar-refractivity contribution < 1.29 is 9.90 Å². The van der Waals surface area contributed by atoms with Gasteiger partial charge in [0.15, 0.2) is 0 Å². The summed E-state index contributed by atoms with van der Waals surface area (Å²) in [6, 6.07) is 4.97. The standard InChI is InChI=1S/C15H23N3O2/c1-18-8-5-11(6-9-18)4-7-17-14-3-2-12(16)10-13(14)15(19)20/h2-3,10-11,17H,4-9,16H2,1H3,(H,19,20). The van der Waals surface area contributed by atoms with Crippen molar-refractivity contribution in [2.75, 3.05) is 37.7 Å². The second-order valence-corrected chi connectivity index (χ2v) is 5.57. The topological polar surface area (TPSA) is 78.6 Å². The first-order valence-corrected chi connectivity index (χ1v) is 7.11. The van der Waals surface area contributed by atoms with Crippen LogP contribution in [0.5, 0.6) is 0 Å². The first kappa shape index (κ1) is 14.7. The van der Waals surface area contributed by atoms with E-state index < -0.39 is 5.97 Å². The molecular formula is C15H23N3O2. The number of carbonyl (C=O) groups is 1. The number of piperidine rings is 1. The molecule has 1 aliphatic heterocycles. The molecule has 1 aromatic carbocycles. The number of hydrogen-bond acceptors (Lipinski definition) is 4. The van der Waals surface area contributed by atoms with E-state index in [9.17, 15) is 4.79 Å². The summed E-state index contributed by atoms with van der Waals surface area (Å²) in [5.74, 6) is -0.208. The molecule has 20 heavy (non-hydrogen) atoms. The molecule has 1 heterocycles. The summed E-state index contributed by atoms with van der Waals surface area (Å²) < 4.78 is 0. The number of nitrogens with two attached hydrogens (primary N) is 1. The molecule has 110 valence electrons. The van der Waals surface area contributed by atoms with Crippen molar-refractivity contribution in [1.29, 1.82) is 0 Å². The fraction of sp³-hybridized carbons (Fsp3) is 0.533. The molecule has 0 amide bonds. The molecule has 5 nitrogen and oxygen atoms in total. The van der Waals surface area contributed by atoms with E-state index in [1.807, 2.05) is 0 Å². The van der Waals surface area contributed by atoms with E-state index in [-0.39, 0.29) is 5.56 Å². The number of anilines is 2. The SMILES string of the molecule is CN1CCC(CCNc2ccc(N)cc2C(=O)O)CC1. The summed E-state index contributed by atoms with van der Waals surface area (Å²) in [7, 11) is 2.15. The fourth-order valence-electron chi connectivity index (χ4n) is 2.65. The molecule has 0 bridgehead atoms. The number of nitrogens with zero attached hydrogens (tertiary/aromatic N) is 1. The number of carboxylic acids is 1. The third kappa shape index (κ3) is 3.87. The van der Waals surface area contributed by atoms with Crippen LogP contribution in [0.3, 0.4) is 0 Å². The van der Waals surface area contributed by atoms with E-state index >= 15 is 0 Å². The largest absolute Gasteiger partial charge is 0.478 e. The van der Waals surface area contributed by atoms with Crippen molar-refractivity contribution in [1.82, 2.24) is 4.90 Å². The van der Waals surface area contributed by atoms with Gasteiger partial charge in [-0.15, -0.1) is 0 Å². The van der Waals surface area contributed by atoms with Gasteiger partial charge in [-0.3, -0.25) is 0 Å². The zero-order valence-electron chi connectivity index (χ0n) is 11.9. The molecule has 1 fully saturated rings. The zero-order valence-corrected chi connectivity index (χ0v) is 11.9. The van der Waals surface area contributed by atoms with Gasteiger partial charge in [-0.1, -0.05) is 0 Å². The molecular weight excluding hydrogens is 254 g/mol. The van der Waals surface area contributed by atoms with Crippen LogP contribution in [0.2, 0.25) is 0 Å². The lowest BCUT2D eigenvalue weighted by molar-refractivity contribution is 0.0698. The molecule has 5 heteroatoms. The number of hydrogen-bond donors (Lipinski definition) is 3. The number of aromatic carboxylic acids is 1. The maximum absolute atomic E-state index is 11.2. The van der Waals surface area contributed by atoms with Gasteiger partial charge in [0.1, 0.15) is 0 Å². The second kappa shape index (κ2) is 6.61. The predicted octanol–water partition coefficient (Wildman–Crippen LogP) is 2.11. The van der Waals surface area contributed by atoms with Crippen LogP contribution in [0.25, 0.3) is 0 Å². The Kier molecular flexibility index (Phi) is 4.84. The van der Waals surface area contributed by atoms with Crippen molar-refractivity contribution in [2.45, 2.75) is 19.3 Å². The maximum atomic E-state index is 11.2. The Morgan fingerprint density at radius 1 is 1.45 bits per heavy atom. The summed E-state index contributed by atoms with van der Waals surface area (Å²) in [5.41, 5.74) is 7.00. The van der Waals surface area contributed by atoms with Gasteiger partial charge in [0.05, 0.1) is 5.56 Å². The van der Waals surface area contributed by atoms with E-state index in [4.69, 9.17) is 10.8 Å². The average molecular weight is 277 g/mol. The molecule has 1 aliphatic rings. The molecule has 0 spiro atoms. The lowest BCUT2D eigenvalue weighted by Gasteiger charge is -2.29. The monoisotopic (exact) mass is 277 g/mol. The van der Waals surface area contributed by atoms with Gasteiger partial charge in [-0.2, -0.15) is 0 Å². The number of carboxylic acid groups (broad SMARTS) is 1. The highest BCUT2D eigenvalue weighted by Gasteiger charge is 2.16. The van der Waals surface area contributed by atoms with Crippen LogP contribution in [0.1, 0.15) is 29.6 Å². The van der Waals surface area contributed by atoms with Gasteiger partial charge in [-0.05, 0) is 63.5 Å². The predicted molar refractivity (Wildman–Crippen MR) is 81.1 cm³/mol. The third-order valence-corrected chi connectivity index (χ3v) is 3.98. The summed E-state index contributed by atoms with van der Waals surface area (Å²) in [6.45, 7) is 3.12. The fourth-order valence-corrected chi connectivity index (χ4v) is 2.65. The molecule has 0 unspecified atom stereocenters. The Morgan fingerprint density at radius 3 is 2.80 bits per heavy atom. The van der Waals surface area contributed by atoms with Crippen LogP contribution in [0, 0.1) is 5.92 Å². The van der Waals surface area contributed by atoms with Gasteiger partial charge < -0.3 is 21.1 Å². The Balaban J connectivity index is 1.86. The molecule has 0 atom stereocenters. The zero-order chi connectivity index (χ0) is 14.5. The number of nitrogens with one attached hydrogen (secondary N) is 1. The van der Waals surface area contributed by atoms with E-state index in [2.05, 4.69) is 17.3 Å². The highest BCUT2D eigenvalue weighted by atomic mass is 16.4. The van der Waals surface area contributed by atoms with Crippen molar-refractivity contribution in [3.05, 3.63) is 23.8 Å². The summed E-state index contributed by atoms with van der Waals surface area (Å²) in [6.07, 6.45) is 3.54. The van der Waals surface area contributed by atoms with Gasteiger partial charge >= 0.3 is 5.97 Å². The Hall–Kier alpha value is -1.75. The Bertz CT molecular complexity index is 468. The molecule has 2 rings (SSSR count). The van der Waals surface area contributed by atoms with Crippen LogP contribution < -0.4 is 11.1 Å². The van der Waals surface area contributed by atoms with Crippen LogP contribution >= 0.6 is 0 Å². The highest BCUT2D eigenvalue weighted by Crippen LogP contribution is 2.22. The quantitative estimate of drug-likeness (QED) is 0.718. The molecule has 4 N–H and O–H groups in total. The second-order valence-electron chi connectivity index (χ2n) is 5.57. The smallest absolute Gasteiger partial charge is 0.337 e. The molecule has 1 saturated heterocycles. The minimum absolute atomic E-state index is 0.244. The lowest BCUT2D eigenvalue weighted by Crippen LogP contribution is -2.30. The highest BCUT2D eigenvalue weighted by molar-refractivity contribution is 5.95. The Morgan fingerprint density at radius 2 is 2.15 bits per heavy atom. The molecule has 0 saturated carbocycles. The molecule has 0 aliphatic carbocycles. The lowest BCUT2D eigenvalue weighted by atomic mass is 9.94. The van der Waals surface area contributed by atoms with Gasteiger partial charge in [0.25, 0.3) is 0 Å². The normalized spacial score (nSPS) is 17.1. The average Bonchev–Trinajstić information content (AvgIpc) is 2.42. The van der Waals surface area contributed by atoms with Gasteiger partial charge in [0, 0.05) is 17.9 Å². The first-order chi connectivity index (χ1) is 9.56. The summed E-state index contributed by atoms with van der Waals surface area (Å²) in [5, 5.41) is 12.4. The van der Waals surface area contributed by atoms with E-state index in [1.165, 1.54) is 18.9 Å². The van der Waals surface area contributed by atoms with Crippen molar-refractivity contribution in [3.63, 3.8) is 0 Å². The van der Waals surface area contributed by atoms with E-state index in [0.29, 0.717) is 11.4 Å². The van der Waals surface area contributed by atoms with Gasteiger partial charge in [0.2, 0.25) is 0 Å².